The molecule has 0 radical (unpaired) electrons. The molecular formula is C16H23N. The van der Waals surface area contributed by atoms with Gasteiger partial charge in [-0.25, -0.2) is 0 Å². The molecular weight excluding hydrogens is 206 g/mol. The average molecular weight is 229 g/mol. The van der Waals surface area contributed by atoms with Gasteiger partial charge in [0.05, 0.1) is 0 Å². The van der Waals surface area contributed by atoms with Crippen molar-refractivity contribution in [2.75, 3.05) is 6.54 Å². The molecule has 17 heavy (non-hydrogen) atoms. The molecule has 0 amide bonds. The molecule has 2 aliphatic rings. The summed E-state index contributed by atoms with van der Waals surface area (Å²) in [6.07, 6.45) is 6.78. The predicted molar refractivity (Wildman–Crippen MR) is 72.3 cm³/mol. The Morgan fingerprint density at radius 3 is 2.82 bits per heavy atom. The number of benzene rings is 1. The highest BCUT2D eigenvalue weighted by Crippen LogP contribution is 2.44. The van der Waals surface area contributed by atoms with Crippen LogP contribution in [0.1, 0.15) is 49.7 Å². The number of rotatable bonds is 5. The van der Waals surface area contributed by atoms with Crippen LogP contribution < -0.4 is 5.32 Å². The Labute approximate surface area is 105 Å². The zero-order valence-electron chi connectivity index (χ0n) is 10.8. The summed E-state index contributed by atoms with van der Waals surface area (Å²) in [6.45, 7) is 3.44. The average Bonchev–Trinajstić information content (AvgIpc) is 3.11. The molecule has 2 unspecified atom stereocenters. The van der Waals surface area contributed by atoms with Gasteiger partial charge in [0, 0.05) is 12.0 Å². The first-order valence-corrected chi connectivity index (χ1v) is 7.21. The molecule has 1 saturated carbocycles. The van der Waals surface area contributed by atoms with Crippen molar-refractivity contribution in [3.05, 3.63) is 35.4 Å². The maximum atomic E-state index is 3.81. The molecule has 0 bridgehead atoms. The third-order valence-corrected chi connectivity index (χ3v) is 4.37. The van der Waals surface area contributed by atoms with Crippen LogP contribution in [0.15, 0.2) is 24.3 Å². The van der Waals surface area contributed by atoms with Crippen molar-refractivity contribution in [3.63, 3.8) is 0 Å². The summed E-state index contributed by atoms with van der Waals surface area (Å²) in [4.78, 5) is 0. The molecule has 1 heteroatoms. The number of hydrogen-bond acceptors (Lipinski definition) is 1. The van der Waals surface area contributed by atoms with Crippen LogP contribution in [0.25, 0.3) is 0 Å². The van der Waals surface area contributed by atoms with Crippen LogP contribution in [-0.2, 0) is 6.42 Å². The van der Waals surface area contributed by atoms with Gasteiger partial charge in [-0.3, -0.25) is 0 Å². The van der Waals surface area contributed by atoms with E-state index in [9.17, 15) is 0 Å². The molecule has 2 aliphatic carbocycles. The van der Waals surface area contributed by atoms with Crippen molar-refractivity contribution < 1.29 is 0 Å². The second kappa shape index (κ2) is 4.81. The number of nitrogens with one attached hydrogen (secondary N) is 1. The van der Waals surface area contributed by atoms with Gasteiger partial charge in [-0.2, -0.15) is 0 Å². The second-order valence-electron chi connectivity index (χ2n) is 5.66. The van der Waals surface area contributed by atoms with E-state index < -0.39 is 0 Å². The molecule has 0 saturated heterocycles. The van der Waals surface area contributed by atoms with Gasteiger partial charge in [-0.15, -0.1) is 0 Å². The van der Waals surface area contributed by atoms with Crippen molar-refractivity contribution in [1.29, 1.82) is 0 Å². The van der Waals surface area contributed by atoms with E-state index in [2.05, 4.69) is 36.5 Å². The van der Waals surface area contributed by atoms with Gasteiger partial charge in [-0.05, 0) is 55.7 Å². The summed E-state index contributed by atoms with van der Waals surface area (Å²) >= 11 is 0. The van der Waals surface area contributed by atoms with E-state index in [0.29, 0.717) is 0 Å². The van der Waals surface area contributed by atoms with Gasteiger partial charge in [0.15, 0.2) is 0 Å². The van der Waals surface area contributed by atoms with E-state index in [0.717, 1.165) is 17.9 Å². The normalized spacial score (nSPS) is 24.6. The minimum Gasteiger partial charge on any atom is -0.313 e. The molecule has 3 rings (SSSR count). The van der Waals surface area contributed by atoms with Gasteiger partial charge in [0.2, 0.25) is 0 Å². The Morgan fingerprint density at radius 2 is 2.06 bits per heavy atom. The fourth-order valence-corrected chi connectivity index (χ4v) is 3.37. The van der Waals surface area contributed by atoms with Crippen LogP contribution >= 0.6 is 0 Å². The van der Waals surface area contributed by atoms with Crippen molar-refractivity contribution >= 4 is 0 Å². The van der Waals surface area contributed by atoms with Gasteiger partial charge >= 0.3 is 0 Å². The van der Waals surface area contributed by atoms with E-state index in [4.69, 9.17) is 0 Å². The van der Waals surface area contributed by atoms with Gasteiger partial charge in [0.25, 0.3) is 0 Å². The summed E-state index contributed by atoms with van der Waals surface area (Å²) in [6, 6.07) is 9.82. The van der Waals surface area contributed by atoms with Crippen molar-refractivity contribution in [3.8, 4) is 0 Å². The first-order chi connectivity index (χ1) is 8.40. The first kappa shape index (κ1) is 11.3. The van der Waals surface area contributed by atoms with Crippen LogP contribution in [0.5, 0.6) is 0 Å². The highest BCUT2D eigenvalue weighted by atomic mass is 14.9. The lowest BCUT2D eigenvalue weighted by Gasteiger charge is -2.25. The Kier molecular flexibility index (Phi) is 3.19. The largest absolute Gasteiger partial charge is 0.313 e. The highest BCUT2D eigenvalue weighted by Gasteiger charge is 2.38. The summed E-state index contributed by atoms with van der Waals surface area (Å²) in [5.74, 6) is 1.74. The van der Waals surface area contributed by atoms with E-state index >= 15 is 0 Å². The van der Waals surface area contributed by atoms with Crippen molar-refractivity contribution in [2.45, 2.75) is 51.0 Å². The minimum absolute atomic E-state index is 0.749. The van der Waals surface area contributed by atoms with E-state index in [1.54, 1.807) is 11.1 Å². The summed E-state index contributed by atoms with van der Waals surface area (Å²) < 4.78 is 0. The van der Waals surface area contributed by atoms with E-state index in [-0.39, 0.29) is 0 Å². The smallest absolute Gasteiger partial charge is 0.0164 e. The fraction of sp³-hybridized carbons (Fsp3) is 0.625. The molecule has 92 valence electrons. The molecule has 0 heterocycles. The molecule has 1 nitrogen and oxygen atoms in total. The molecule has 1 aromatic rings. The van der Waals surface area contributed by atoms with Crippen LogP contribution in [0.4, 0.5) is 0 Å². The number of aryl methyl sites for hydroxylation is 1. The van der Waals surface area contributed by atoms with Crippen LogP contribution in [0.2, 0.25) is 0 Å². The van der Waals surface area contributed by atoms with E-state index in [1.807, 2.05) is 0 Å². The summed E-state index contributed by atoms with van der Waals surface area (Å²) in [7, 11) is 0. The first-order valence-electron chi connectivity index (χ1n) is 7.21. The Hall–Kier alpha value is -0.820. The molecule has 2 atom stereocenters. The quantitative estimate of drug-likeness (QED) is 0.815. The van der Waals surface area contributed by atoms with Crippen molar-refractivity contribution in [2.24, 2.45) is 5.92 Å². The summed E-state index contributed by atoms with van der Waals surface area (Å²) in [5.41, 5.74) is 3.23. The molecule has 0 aromatic heterocycles. The van der Waals surface area contributed by atoms with Gasteiger partial charge in [-0.1, -0.05) is 31.2 Å². The van der Waals surface area contributed by atoms with E-state index in [1.165, 1.54) is 38.6 Å². The predicted octanol–water partition coefficient (Wildman–Crippen LogP) is 3.49. The topological polar surface area (TPSA) is 12.0 Å². The molecule has 0 spiro atoms. The molecule has 1 aromatic carbocycles. The fourth-order valence-electron chi connectivity index (χ4n) is 3.37. The Morgan fingerprint density at radius 1 is 1.24 bits per heavy atom. The van der Waals surface area contributed by atoms with Crippen molar-refractivity contribution in [1.82, 2.24) is 5.32 Å². The summed E-state index contributed by atoms with van der Waals surface area (Å²) in [5, 5.41) is 3.81. The van der Waals surface area contributed by atoms with Crippen LogP contribution in [0.3, 0.4) is 0 Å². The lowest BCUT2D eigenvalue weighted by molar-refractivity contribution is 0.389. The monoisotopic (exact) mass is 229 g/mol. The number of hydrogen-bond donors (Lipinski definition) is 1. The SMILES string of the molecule is CCCNC(C1CC1)C1CCc2ccccc21. The van der Waals surface area contributed by atoms with Crippen LogP contribution in [0, 0.1) is 5.92 Å². The second-order valence-corrected chi connectivity index (χ2v) is 5.66. The zero-order valence-corrected chi connectivity index (χ0v) is 10.8. The van der Waals surface area contributed by atoms with Crippen LogP contribution in [-0.4, -0.2) is 12.6 Å². The van der Waals surface area contributed by atoms with Gasteiger partial charge in [0.1, 0.15) is 0 Å². The third kappa shape index (κ3) is 2.26. The third-order valence-electron chi connectivity index (χ3n) is 4.37. The molecule has 1 N–H and O–H groups in total. The molecule has 0 aliphatic heterocycles. The maximum Gasteiger partial charge on any atom is 0.0164 e. The maximum absolute atomic E-state index is 3.81. The minimum atomic E-state index is 0.749. The lowest BCUT2D eigenvalue weighted by Crippen LogP contribution is -2.36. The van der Waals surface area contributed by atoms with Gasteiger partial charge < -0.3 is 5.32 Å². The zero-order chi connectivity index (χ0) is 11.7. The highest BCUT2D eigenvalue weighted by molar-refractivity contribution is 5.36. The Bertz CT molecular complexity index is 381. The standard InChI is InChI=1S/C16H23N/c1-2-11-17-16(13-7-8-13)15-10-9-12-5-3-4-6-14(12)15/h3-6,13,15-17H,2,7-11H2,1H3. The lowest BCUT2D eigenvalue weighted by atomic mass is 9.90. The molecule has 1 fully saturated rings. The number of fused-ring (bicyclic) bond motifs is 1. The Balaban J connectivity index is 1.78.